The van der Waals surface area contributed by atoms with E-state index in [2.05, 4.69) is 22.2 Å². The minimum absolute atomic E-state index is 0.0460. The number of carbonyl (C=O) groups excluding carboxylic acids is 1. The molecule has 242 valence electrons. The van der Waals surface area contributed by atoms with E-state index in [4.69, 9.17) is 0 Å². The number of amides is 1. The van der Waals surface area contributed by atoms with Gasteiger partial charge < -0.3 is 20.6 Å². The van der Waals surface area contributed by atoms with E-state index in [-0.39, 0.29) is 17.1 Å². The molecule has 1 aliphatic rings. The van der Waals surface area contributed by atoms with Crippen LogP contribution in [0.25, 0.3) is 0 Å². The van der Waals surface area contributed by atoms with Crippen LogP contribution in [-0.4, -0.2) is 62.0 Å². The van der Waals surface area contributed by atoms with Gasteiger partial charge in [-0.15, -0.1) is 0 Å². The number of hydrogen-bond donors (Lipinski definition) is 5. The quantitative estimate of drug-likeness (QED) is 0.148. The number of aromatic hydroxyl groups is 3. The molecule has 5 N–H and O–H groups in total. The van der Waals surface area contributed by atoms with Gasteiger partial charge in [0.2, 0.25) is 20.0 Å². The zero-order chi connectivity index (χ0) is 32.9. The third-order valence-corrected chi connectivity index (χ3v) is 11.3. The first-order valence-corrected chi connectivity index (χ1v) is 17.6. The van der Waals surface area contributed by atoms with E-state index in [9.17, 15) is 36.9 Å². The molecular weight excluding hydrogens is 631 g/mol. The molecule has 1 saturated heterocycles. The van der Waals surface area contributed by atoms with E-state index in [0.717, 1.165) is 30.2 Å². The molecule has 0 aliphatic carbocycles. The first kappa shape index (κ1) is 32.9. The van der Waals surface area contributed by atoms with Crippen molar-refractivity contribution in [2.75, 3.05) is 25.0 Å². The van der Waals surface area contributed by atoms with E-state index in [1.165, 1.54) is 22.0 Å². The first-order valence-electron chi connectivity index (χ1n) is 14.7. The standard InChI is InChI=1S/C33H35N3O8S2/c37-30-21-26(46(43,44)36-17-14-25(15-18-36)19-24-9-5-2-6-10-24)11-12-29(30)35-33(40)28-20-27(22-31(38)32(28)39)45(41,42)34-16-13-23-7-3-1-4-8-23/h1-12,20-22,25,34,37-39H,13-19H2,(H,35,40). The van der Waals surface area contributed by atoms with E-state index < -0.39 is 53.7 Å². The second-order valence-corrected chi connectivity index (χ2v) is 14.8. The lowest BCUT2D eigenvalue weighted by Gasteiger charge is -2.31. The molecule has 0 atom stereocenters. The molecule has 4 aromatic carbocycles. The highest BCUT2D eigenvalue weighted by Gasteiger charge is 2.30. The summed E-state index contributed by atoms with van der Waals surface area (Å²) >= 11 is 0. The average Bonchev–Trinajstić information content (AvgIpc) is 3.04. The Bertz CT molecular complexity index is 1910. The van der Waals surface area contributed by atoms with Gasteiger partial charge in [0, 0.05) is 31.8 Å². The highest BCUT2D eigenvalue weighted by molar-refractivity contribution is 7.89. The minimum Gasteiger partial charge on any atom is -0.506 e. The van der Waals surface area contributed by atoms with Gasteiger partial charge in [0.15, 0.2) is 11.5 Å². The van der Waals surface area contributed by atoms with Gasteiger partial charge in [-0.1, -0.05) is 60.7 Å². The van der Waals surface area contributed by atoms with Crippen molar-refractivity contribution in [3.8, 4) is 17.2 Å². The highest BCUT2D eigenvalue weighted by Crippen LogP contribution is 2.35. The van der Waals surface area contributed by atoms with E-state index >= 15 is 0 Å². The highest BCUT2D eigenvalue weighted by atomic mass is 32.2. The largest absolute Gasteiger partial charge is 0.506 e. The lowest BCUT2D eigenvalue weighted by molar-refractivity contribution is 0.102. The number of rotatable bonds is 11. The Morgan fingerprint density at radius 3 is 2.00 bits per heavy atom. The number of piperidine rings is 1. The van der Waals surface area contributed by atoms with Gasteiger partial charge >= 0.3 is 0 Å². The molecule has 0 bridgehead atoms. The number of nitrogens with zero attached hydrogens (tertiary/aromatic N) is 1. The van der Waals surface area contributed by atoms with Crippen molar-refractivity contribution in [1.29, 1.82) is 0 Å². The van der Waals surface area contributed by atoms with Crippen molar-refractivity contribution in [2.45, 2.75) is 35.5 Å². The Labute approximate surface area is 268 Å². The van der Waals surface area contributed by atoms with Crippen molar-refractivity contribution >= 4 is 31.6 Å². The second kappa shape index (κ2) is 13.9. The average molecular weight is 666 g/mol. The number of phenols is 3. The van der Waals surface area contributed by atoms with Crippen LogP contribution >= 0.6 is 0 Å². The van der Waals surface area contributed by atoms with E-state index in [0.29, 0.717) is 38.3 Å². The van der Waals surface area contributed by atoms with Crippen LogP contribution in [0, 0.1) is 5.92 Å². The summed E-state index contributed by atoms with van der Waals surface area (Å²) in [5, 5.41) is 33.5. The Balaban J connectivity index is 1.25. The summed E-state index contributed by atoms with van der Waals surface area (Å²) in [7, 11) is -8.11. The predicted molar refractivity (Wildman–Crippen MR) is 173 cm³/mol. The fourth-order valence-electron chi connectivity index (χ4n) is 5.40. The Kier molecular flexibility index (Phi) is 9.97. The molecule has 0 radical (unpaired) electrons. The zero-order valence-corrected chi connectivity index (χ0v) is 26.5. The Morgan fingerprint density at radius 2 is 1.37 bits per heavy atom. The van der Waals surface area contributed by atoms with Crippen LogP contribution in [0.4, 0.5) is 5.69 Å². The molecule has 1 aliphatic heterocycles. The molecule has 4 aromatic rings. The number of hydrogen-bond acceptors (Lipinski definition) is 8. The van der Waals surface area contributed by atoms with Crippen molar-refractivity contribution in [2.24, 2.45) is 5.92 Å². The molecule has 11 nitrogen and oxygen atoms in total. The number of phenolic OH excluding ortho intramolecular Hbond substituents is 3. The van der Waals surface area contributed by atoms with Gasteiger partial charge in [0.25, 0.3) is 5.91 Å². The second-order valence-electron chi connectivity index (χ2n) is 11.1. The maximum absolute atomic E-state index is 13.3. The van der Waals surface area contributed by atoms with Crippen LogP contribution in [0.3, 0.4) is 0 Å². The summed E-state index contributed by atoms with van der Waals surface area (Å²) in [6.45, 7) is 0.717. The van der Waals surface area contributed by atoms with Gasteiger partial charge in [-0.2, -0.15) is 4.31 Å². The topological polar surface area (TPSA) is 173 Å². The normalized spacial score (nSPS) is 14.6. The van der Waals surface area contributed by atoms with Gasteiger partial charge in [0.1, 0.15) is 5.75 Å². The smallest absolute Gasteiger partial charge is 0.259 e. The maximum Gasteiger partial charge on any atom is 0.259 e. The van der Waals surface area contributed by atoms with E-state index in [1.807, 2.05) is 48.5 Å². The number of sulfonamides is 2. The molecular formula is C33H35N3O8S2. The van der Waals surface area contributed by atoms with E-state index in [1.54, 1.807) is 0 Å². The number of benzene rings is 4. The fraction of sp³-hybridized carbons (Fsp3) is 0.242. The third kappa shape index (κ3) is 7.68. The monoisotopic (exact) mass is 665 g/mol. The van der Waals surface area contributed by atoms with Gasteiger partial charge in [-0.25, -0.2) is 21.6 Å². The van der Waals surface area contributed by atoms with Crippen LogP contribution in [0.1, 0.15) is 34.3 Å². The summed E-state index contributed by atoms with van der Waals surface area (Å²) in [5.41, 5.74) is 1.36. The molecule has 0 spiro atoms. The molecule has 0 saturated carbocycles. The molecule has 1 heterocycles. The minimum atomic E-state index is -4.18. The molecule has 46 heavy (non-hydrogen) atoms. The fourth-order valence-corrected chi connectivity index (χ4v) is 7.96. The molecule has 0 aromatic heterocycles. The number of anilines is 1. The molecule has 1 fully saturated rings. The molecule has 0 unspecified atom stereocenters. The summed E-state index contributed by atoms with van der Waals surface area (Å²) in [5.74, 6) is -2.94. The van der Waals surface area contributed by atoms with Gasteiger partial charge in [0.05, 0.1) is 21.0 Å². The van der Waals surface area contributed by atoms with Crippen LogP contribution in [-0.2, 0) is 32.9 Å². The SMILES string of the molecule is O=C(Nc1ccc(S(=O)(=O)N2CCC(Cc3ccccc3)CC2)cc1O)c1cc(S(=O)(=O)NCCc2ccccc2)cc(O)c1O. The summed E-state index contributed by atoms with van der Waals surface area (Å²) < 4.78 is 56.2. The van der Waals surface area contributed by atoms with Crippen LogP contribution < -0.4 is 10.0 Å². The predicted octanol–water partition coefficient (Wildman–Crippen LogP) is 4.22. The lowest BCUT2D eigenvalue weighted by Crippen LogP contribution is -2.38. The van der Waals surface area contributed by atoms with Gasteiger partial charge in [-0.3, -0.25) is 4.79 Å². The van der Waals surface area contributed by atoms with Crippen molar-refractivity contribution in [3.05, 3.63) is 108 Å². The molecule has 1 amide bonds. The van der Waals surface area contributed by atoms with Crippen molar-refractivity contribution in [1.82, 2.24) is 9.03 Å². The lowest BCUT2D eigenvalue weighted by atomic mass is 9.91. The Hall–Kier alpha value is -4.43. The summed E-state index contributed by atoms with van der Waals surface area (Å²) in [6, 6.07) is 24.4. The van der Waals surface area contributed by atoms with Crippen molar-refractivity contribution < 1.29 is 36.9 Å². The molecule has 5 rings (SSSR count). The first-order chi connectivity index (χ1) is 21.9. The maximum atomic E-state index is 13.3. The number of carbonyl (C=O) groups is 1. The summed E-state index contributed by atoms with van der Waals surface area (Å²) in [6.07, 6.45) is 2.66. The van der Waals surface area contributed by atoms with Crippen molar-refractivity contribution in [3.63, 3.8) is 0 Å². The van der Waals surface area contributed by atoms with Crippen LogP contribution in [0.2, 0.25) is 0 Å². The third-order valence-electron chi connectivity index (χ3n) is 7.96. The number of nitrogens with one attached hydrogen (secondary N) is 2. The molecule has 13 heteroatoms. The van der Waals surface area contributed by atoms with Gasteiger partial charge in [-0.05, 0) is 60.9 Å². The van der Waals surface area contributed by atoms with Crippen LogP contribution in [0.15, 0.2) is 101 Å². The zero-order valence-electron chi connectivity index (χ0n) is 24.8. The van der Waals surface area contributed by atoms with Crippen LogP contribution in [0.5, 0.6) is 17.2 Å². The summed E-state index contributed by atoms with van der Waals surface area (Å²) in [4.78, 5) is 12.5. The Morgan fingerprint density at radius 1 is 0.761 bits per heavy atom.